The van der Waals surface area contributed by atoms with Crippen molar-refractivity contribution in [3.8, 4) is 17.2 Å². The number of thiocarbonyl (C=S) groups is 1. The van der Waals surface area contributed by atoms with Gasteiger partial charge in [0.1, 0.15) is 11.3 Å². The number of carbonyl (C=O) groups is 1. The fourth-order valence-corrected chi connectivity index (χ4v) is 3.77. The molecule has 0 aliphatic heterocycles. The summed E-state index contributed by atoms with van der Waals surface area (Å²) < 4.78 is 11.3. The van der Waals surface area contributed by atoms with Crippen molar-refractivity contribution < 1.29 is 13.9 Å². The summed E-state index contributed by atoms with van der Waals surface area (Å²) in [6.45, 7) is 6.18. The van der Waals surface area contributed by atoms with E-state index in [-0.39, 0.29) is 11.0 Å². The number of nitrogens with zero attached hydrogens (tertiary/aromatic N) is 1. The van der Waals surface area contributed by atoms with E-state index in [0.717, 1.165) is 27.9 Å². The molecule has 0 aliphatic rings. The van der Waals surface area contributed by atoms with E-state index in [2.05, 4.69) is 41.6 Å². The number of oxazole rings is 1. The molecular weight excluding hydrogens is 434 g/mol. The van der Waals surface area contributed by atoms with Crippen LogP contribution in [0, 0.1) is 6.92 Å². The summed E-state index contributed by atoms with van der Waals surface area (Å²) >= 11 is 5.31. The molecule has 0 bridgehead atoms. The lowest BCUT2D eigenvalue weighted by Gasteiger charge is -2.13. The molecule has 1 heterocycles. The number of methoxy groups -OCH3 is 1. The quantitative estimate of drug-likeness (QED) is 0.353. The zero-order chi connectivity index (χ0) is 23.5. The highest BCUT2D eigenvalue weighted by Gasteiger charge is 2.15. The molecule has 0 aliphatic carbocycles. The second-order valence-electron chi connectivity index (χ2n) is 8.04. The van der Waals surface area contributed by atoms with Crippen molar-refractivity contribution in [1.29, 1.82) is 0 Å². The van der Waals surface area contributed by atoms with Crippen LogP contribution in [0.4, 0.5) is 5.69 Å². The topological polar surface area (TPSA) is 76.4 Å². The van der Waals surface area contributed by atoms with Crippen LogP contribution in [0.25, 0.3) is 22.6 Å². The highest BCUT2D eigenvalue weighted by Crippen LogP contribution is 2.28. The maximum atomic E-state index is 12.6. The molecule has 0 saturated heterocycles. The van der Waals surface area contributed by atoms with E-state index in [1.54, 1.807) is 12.1 Å². The second-order valence-corrected chi connectivity index (χ2v) is 8.45. The van der Waals surface area contributed by atoms with Gasteiger partial charge in [-0.2, -0.15) is 0 Å². The Morgan fingerprint density at radius 1 is 1.09 bits per heavy atom. The molecule has 0 spiro atoms. The second kappa shape index (κ2) is 9.42. The van der Waals surface area contributed by atoms with E-state index in [0.29, 0.717) is 23.1 Å². The number of fused-ring (bicyclic) bond motifs is 1. The Hall–Kier alpha value is -3.71. The lowest BCUT2D eigenvalue weighted by Crippen LogP contribution is -2.34. The maximum Gasteiger partial charge on any atom is 0.261 e. The van der Waals surface area contributed by atoms with Gasteiger partial charge < -0.3 is 14.5 Å². The number of anilines is 1. The van der Waals surface area contributed by atoms with E-state index in [4.69, 9.17) is 21.4 Å². The van der Waals surface area contributed by atoms with Gasteiger partial charge in [-0.1, -0.05) is 32.0 Å². The van der Waals surface area contributed by atoms with Gasteiger partial charge in [-0.25, -0.2) is 4.98 Å². The van der Waals surface area contributed by atoms with Gasteiger partial charge in [0.05, 0.1) is 12.7 Å². The molecule has 1 amide bonds. The molecule has 2 N–H and O–H groups in total. The molecule has 1 aromatic heterocycles. The summed E-state index contributed by atoms with van der Waals surface area (Å²) in [7, 11) is 1.54. The summed E-state index contributed by atoms with van der Waals surface area (Å²) in [5.41, 5.74) is 5.70. The van der Waals surface area contributed by atoms with Gasteiger partial charge in [-0.05, 0) is 78.7 Å². The van der Waals surface area contributed by atoms with Crippen LogP contribution >= 0.6 is 12.2 Å². The molecule has 33 heavy (non-hydrogen) atoms. The Morgan fingerprint density at radius 3 is 2.55 bits per heavy atom. The van der Waals surface area contributed by atoms with Crippen molar-refractivity contribution in [2.75, 3.05) is 12.4 Å². The van der Waals surface area contributed by atoms with Crippen molar-refractivity contribution in [1.82, 2.24) is 10.3 Å². The van der Waals surface area contributed by atoms with Crippen molar-refractivity contribution in [3.63, 3.8) is 0 Å². The van der Waals surface area contributed by atoms with Crippen molar-refractivity contribution in [3.05, 3.63) is 77.4 Å². The third-order valence-electron chi connectivity index (χ3n) is 5.36. The minimum absolute atomic E-state index is 0.194. The first-order valence-electron chi connectivity index (χ1n) is 10.6. The molecule has 0 radical (unpaired) electrons. The molecule has 0 fully saturated rings. The first-order chi connectivity index (χ1) is 15.9. The van der Waals surface area contributed by atoms with Crippen LogP contribution in [0.5, 0.6) is 5.75 Å². The Morgan fingerprint density at radius 2 is 1.85 bits per heavy atom. The Bertz CT molecular complexity index is 1330. The van der Waals surface area contributed by atoms with Crippen LogP contribution in [-0.4, -0.2) is 23.1 Å². The number of para-hydroxylation sites is 1. The van der Waals surface area contributed by atoms with E-state index in [1.165, 1.54) is 12.7 Å². The SMILES string of the molecule is COc1c(C)cccc1C(=O)NC(=S)Nc1ccc(-c2nc3cc(C(C)C)ccc3o2)cc1. The predicted molar refractivity (Wildman–Crippen MR) is 135 cm³/mol. The molecule has 4 aromatic rings. The van der Waals surface area contributed by atoms with E-state index < -0.39 is 0 Å². The van der Waals surface area contributed by atoms with Gasteiger partial charge in [0, 0.05) is 11.3 Å². The van der Waals surface area contributed by atoms with Gasteiger partial charge in [0.15, 0.2) is 10.7 Å². The Kier molecular flexibility index (Phi) is 6.42. The number of hydrogen-bond acceptors (Lipinski definition) is 5. The average Bonchev–Trinajstić information content (AvgIpc) is 3.22. The van der Waals surface area contributed by atoms with Crippen LogP contribution in [-0.2, 0) is 0 Å². The van der Waals surface area contributed by atoms with Crippen molar-refractivity contribution in [2.24, 2.45) is 0 Å². The summed E-state index contributed by atoms with van der Waals surface area (Å²) in [5.74, 6) is 1.18. The van der Waals surface area contributed by atoms with Crippen LogP contribution in [0.1, 0.15) is 41.3 Å². The summed E-state index contributed by atoms with van der Waals surface area (Å²) in [4.78, 5) is 17.3. The smallest absolute Gasteiger partial charge is 0.261 e. The lowest BCUT2D eigenvalue weighted by molar-refractivity contribution is 0.0974. The van der Waals surface area contributed by atoms with Gasteiger partial charge in [-0.3, -0.25) is 10.1 Å². The fourth-order valence-electron chi connectivity index (χ4n) is 3.56. The van der Waals surface area contributed by atoms with Gasteiger partial charge in [-0.15, -0.1) is 0 Å². The summed E-state index contributed by atoms with van der Waals surface area (Å²) in [5, 5.41) is 5.92. The number of carbonyl (C=O) groups excluding carboxylic acids is 1. The normalized spacial score (nSPS) is 10.9. The number of benzene rings is 3. The number of hydrogen-bond donors (Lipinski definition) is 2. The number of rotatable bonds is 5. The first-order valence-corrected chi connectivity index (χ1v) is 11.0. The molecule has 168 valence electrons. The number of nitrogens with one attached hydrogen (secondary N) is 2. The lowest BCUT2D eigenvalue weighted by atomic mass is 10.0. The van der Waals surface area contributed by atoms with Crippen LogP contribution in [0.15, 0.2) is 65.1 Å². The van der Waals surface area contributed by atoms with E-state index in [9.17, 15) is 4.79 Å². The zero-order valence-corrected chi connectivity index (χ0v) is 19.7. The maximum absolute atomic E-state index is 12.6. The number of aromatic nitrogens is 1. The minimum atomic E-state index is -0.336. The number of aryl methyl sites for hydroxylation is 1. The molecule has 4 rings (SSSR count). The van der Waals surface area contributed by atoms with Crippen LogP contribution in [0.3, 0.4) is 0 Å². The third kappa shape index (κ3) is 4.88. The minimum Gasteiger partial charge on any atom is -0.496 e. The van der Waals surface area contributed by atoms with Gasteiger partial charge in [0.2, 0.25) is 5.89 Å². The molecule has 7 heteroatoms. The van der Waals surface area contributed by atoms with Crippen molar-refractivity contribution in [2.45, 2.75) is 26.7 Å². The first kappa shape index (κ1) is 22.5. The standard InChI is InChI=1S/C26H25N3O3S/c1-15(2)18-10-13-22-21(14-18)28-25(32-22)17-8-11-19(12-9-17)27-26(33)29-24(30)20-7-5-6-16(3)23(20)31-4/h5-15H,1-4H3,(H2,27,29,30,33). The molecule has 3 aromatic carbocycles. The Labute approximate surface area is 198 Å². The van der Waals surface area contributed by atoms with Gasteiger partial charge >= 0.3 is 0 Å². The Balaban J connectivity index is 1.44. The molecular formula is C26H25N3O3S. The van der Waals surface area contributed by atoms with Crippen LogP contribution in [0.2, 0.25) is 0 Å². The fraction of sp³-hybridized carbons (Fsp3) is 0.192. The monoisotopic (exact) mass is 459 g/mol. The van der Waals surface area contributed by atoms with Gasteiger partial charge in [0.25, 0.3) is 5.91 Å². The molecule has 0 saturated carbocycles. The highest BCUT2D eigenvalue weighted by molar-refractivity contribution is 7.80. The largest absolute Gasteiger partial charge is 0.496 e. The third-order valence-corrected chi connectivity index (χ3v) is 5.56. The predicted octanol–water partition coefficient (Wildman–Crippen LogP) is 6.06. The zero-order valence-electron chi connectivity index (χ0n) is 18.9. The van der Waals surface area contributed by atoms with Crippen molar-refractivity contribution >= 4 is 40.0 Å². The summed E-state index contributed by atoms with van der Waals surface area (Å²) in [6, 6.07) is 19.0. The molecule has 6 nitrogen and oxygen atoms in total. The number of amides is 1. The highest BCUT2D eigenvalue weighted by atomic mass is 32.1. The molecule has 0 unspecified atom stereocenters. The van der Waals surface area contributed by atoms with E-state index in [1.807, 2.05) is 43.3 Å². The van der Waals surface area contributed by atoms with E-state index >= 15 is 0 Å². The average molecular weight is 460 g/mol. The van der Waals surface area contributed by atoms with Crippen LogP contribution < -0.4 is 15.4 Å². The summed E-state index contributed by atoms with van der Waals surface area (Å²) in [6.07, 6.45) is 0. The molecule has 0 atom stereocenters. The number of ether oxygens (including phenoxy) is 1.